The maximum Gasteiger partial charge on any atom is 0.304 e. The molecule has 4 aromatic rings. The molecule has 3 heterocycles. The molecule has 1 spiro atoms. The van der Waals surface area contributed by atoms with Crippen LogP contribution in [0.2, 0.25) is 0 Å². The van der Waals surface area contributed by atoms with Crippen LogP contribution in [-0.4, -0.2) is 43.0 Å². The van der Waals surface area contributed by atoms with E-state index < -0.39 is 5.54 Å². The first kappa shape index (κ1) is 30.5. The van der Waals surface area contributed by atoms with E-state index in [1.807, 2.05) is 54.9 Å². The van der Waals surface area contributed by atoms with E-state index >= 15 is 0 Å². The molecule has 1 aliphatic carbocycles. The lowest BCUT2D eigenvalue weighted by Crippen LogP contribution is -2.58. The number of amides is 2. The highest BCUT2D eigenvalue weighted by Gasteiger charge is 2.59. The van der Waals surface area contributed by atoms with E-state index in [2.05, 4.69) is 79.3 Å². The van der Waals surface area contributed by atoms with Crippen molar-refractivity contribution in [3.63, 3.8) is 0 Å². The van der Waals surface area contributed by atoms with Crippen LogP contribution in [0.4, 0.5) is 11.4 Å². The molecule has 0 fully saturated rings. The van der Waals surface area contributed by atoms with Crippen molar-refractivity contribution >= 4 is 28.9 Å². The van der Waals surface area contributed by atoms with Gasteiger partial charge in [0.1, 0.15) is 17.0 Å². The van der Waals surface area contributed by atoms with Crippen LogP contribution in [0.1, 0.15) is 66.7 Å². The molecule has 47 heavy (non-hydrogen) atoms. The van der Waals surface area contributed by atoms with Crippen LogP contribution in [0.15, 0.2) is 96.8 Å². The molecule has 0 bridgehead atoms. The Kier molecular flexibility index (Phi) is 7.96. The van der Waals surface area contributed by atoms with Gasteiger partial charge in [0, 0.05) is 83.6 Å². The lowest BCUT2D eigenvalue weighted by atomic mass is 9.70. The third-order valence-electron chi connectivity index (χ3n) is 9.94. The minimum absolute atomic E-state index is 0.0736. The molecule has 3 aromatic carbocycles. The van der Waals surface area contributed by atoms with E-state index in [1.165, 1.54) is 11.3 Å². The number of carbonyl (C=O) groups is 2. The number of aromatic nitrogens is 1. The van der Waals surface area contributed by atoms with Crippen LogP contribution >= 0.6 is 0 Å². The zero-order valence-corrected chi connectivity index (χ0v) is 27.6. The highest BCUT2D eigenvalue weighted by atomic mass is 16.5. The molecule has 0 radical (unpaired) electrons. The van der Waals surface area contributed by atoms with E-state index in [9.17, 15) is 9.59 Å². The Labute approximate surface area is 276 Å². The van der Waals surface area contributed by atoms with Gasteiger partial charge < -0.3 is 14.5 Å². The number of hydrazine groups is 1. The Hall–Kier alpha value is -5.11. The van der Waals surface area contributed by atoms with Crippen molar-refractivity contribution in [2.45, 2.75) is 52.6 Å². The van der Waals surface area contributed by atoms with Gasteiger partial charge >= 0.3 is 5.91 Å². The highest BCUT2D eigenvalue weighted by molar-refractivity contribution is 6.03. The van der Waals surface area contributed by atoms with Crippen LogP contribution in [0.5, 0.6) is 5.75 Å². The van der Waals surface area contributed by atoms with Gasteiger partial charge in [-0.3, -0.25) is 15.0 Å². The average Bonchev–Trinajstić information content (AvgIpc) is 3.33. The number of hydrogen-bond acceptors (Lipinski definition) is 5. The van der Waals surface area contributed by atoms with E-state index in [4.69, 9.17) is 4.74 Å². The van der Waals surface area contributed by atoms with Crippen LogP contribution in [0.3, 0.4) is 0 Å². The summed E-state index contributed by atoms with van der Waals surface area (Å²) in [7, 11) is 0. The molecular weight excluding hydrogens is 586 g/mol. The summed E-state index contributed by atoms with van der Waals surface area (Å²) in [5, 5.41) is 1.59. The van der Waals surface area contributed by atoms with Gasteiger partial charge in [0.15, 0.2) is 12.4 Å². The maximum absolute atomic E-state index is 14.5. The number of anilines is 2. The van der Waals surface area contributed by atoms with Gasteiger partial charge in [0.2, 0.25) is 6.54 Å². The Morgan fingerprint density at radius 3 is 2.21 bits per heavy atom. The quantitative estimate of drug-likeness (QED) is 0.236. The molecule has 8 nitrogen and oxygen atoms in total. The molecule has 2 aliphatic heterocycles. The third kappa shape index (κ3) is 4.85. The smallest absolute Gasteiger partial charge is 0.304 e. The first-order valence-electron chi connectivity index (χ1n) is 16.8. The van der Waals surface area contributed by atoms with E-state index in [-0.39, 0.29) is 18.4 Å². The molecule has 2 amide bonds. The Morgan fingerprint density at radius 1 is 0.809 bits per heavy atom. The lowest BCUT2D eigenvalue weighted by molar-refractivity contribution is -0.684. The molecule has 240 valence electrons. The second-order valence-electron chi connectivity index (χ2n) is 12.3. The van der Waals surface area contributed by atoms with Crippen molar-refractivity contribution in [1.82, 2.24) is 10.4 Å². The van der Waals surface area contributed by atoms with E-state index in [1.54, 1.807) is 9.58 Å². The molecule has 0 saturated heterocycles. The zero-order valence-electron chi connectivity index (χ0n) is 27.6. The number of pyridine rings is 1. The second-order valence-corrected chi connectivity index (χ2v) is 12.3. The number of nitrogens with one attached hydrogen (secondary N) is 1. The molecule has 1 N–H and O–H groups in total. The summed E-state index contributed by atoms with van der Waals surface area (Å²) in [6.07, 6.45) is 5.15. The van der Waals surface area contributed by atoms with Crippen molar-refractivity contribution in [2.24, 2.45) is 0 Å². The summed E-state index contributed by atoms with van der Waals surface area (Å²) in [4.78, 5) is 32.9. The molecule has 0 saturated carbocycles. The fourth-order valence-corrected chi connectivity index (χ4v) is 7.69. The number of carbonyl (C=O) groups excluding carboxylic acids is 2. The molecular formula is C39H42N5O3+. The molecule has 7 rings (SSSR count). The molecule has 1 unspecified atom stereocenters. The Bertz CT molecular complexity index is 1880. The van der Waals surface area contributed by atoms with Gasteiger partial charge in [0.25, 0.3) is 5.91 Å². The van der Waals surface area contributed by atoms with E-state index in [0.717, 1.165) is 66.3 Å². The van der Waals surface area contributed by atoms with Crippen LogP contribution in [-0.2, 0) is 23.3 Å². The van der Waals surface area contributed by atoms with Crippen molar-refractivity contribution in [3.8, 4) is 5.75 Å². The third-order valence-corrected chi connectivity index (χ3v) is 9.94. The summed E-state index contributed by atoms with van der Waals surface area (Å²) in [5.41, 5.74) is 9.78. The number of hydrogen-bond donors (Lipinski definition) is 1. The number of aryl methyl sites for hydroxylation is 1. The highest BCUT2D eigenvalue weighted by Crippen LogP contribution is 2.58. The van der Waals surface area contributed by atoms with Gasteiger partial charge in [-0.15, -0.1) is 0 Å². The fourth-order valence-electron chi connectivity index (χ4n) is 7.69. The summed E-state index contributed by atoms with van der Waals surface area (Å²) in [6.45, 7) is 12.3. The van der Waals surface area contributed by atoms with Crippen molar-refractivity contribution in [2.75, 3.05) is 36.0 Å². The molecule has 3 aliphatic rings. The topological polar surface area (TPSA) is 69.0 Å². The molecule has 8 heteroatoms. The number of nitrogens with zero attached hydrogens (tertiary/aromatic N) is 4. The van der Waals surface area contributed by atoms with Crippen molar-refractivity contribution in [3.05, 3.63) is 125 Å². The average molecular weight is 629 g/mol. The summed E-state index contributed by atoms with van der Waals surface area (Å²) >= 11 is 0. The minimum atomic E-state index is -1.08. The van der Waals surface area contributed by atoms with Crippen molar-refractivity contribution < 1.29 is 18.9 Å². The summed E-state index contributed by atoms with van der Waals surface area (Å²) in [5.74, 6) is 0.941. The predicted octanol–water partition coefficient (Wildman–Crippen LogP) is 5.85. The normalized spacial score (nSPS) is 17.4. The molecule has 1 aromatic heterocycles. The fraction of sp³-hybridized carbons (Fsp3) is 0.308. The Balaban J connectivity index is 1.45. The van der Waals surface area contributed by atoms with Gasteiger partial charge in [-0.25, -0.2) is 5.01 Å². The second kappa shape index (κ2) is 12.2. The lowest BCUT2D eigenvalue weighted by Gasteiger charge is -2.46. The SMILES string of the molecule is CCN(CC)c1ccc2c(c1)CCC1=C2Oc2cc(N(CC)CC)ccc2C12c1ccccc1C(=O)N2NC(=O)C[n+]1ccccc1. The molecule has 1 atom stereocenters. The monoisotopic (exact) mass is 628 g/mol. The summed E-state index contributed by atoms with van der Waals surface area (Å²) < 4.78 is 8.77. The first-order valence-corrected chi connectivity index (χ1v) is 16.8. The number of ether oxygens (including phenoxy) is 1. The van der Waals surface area contributed by atoms with Gasteiger partial charge in [-0.05, 0) is 76.4 Å². The summed E-state index contributed by atoms with van der Waals surface area (Å²) in [6, 6.07) is 26.4. The zero-order chi connectivity index (χ0) is 32.7. The minimum Gasteiger partial charge on any atom is -0.456 e. The predicted molar refractivity (Wildman–Crippen MR) is 184 cm³/mol. The van der Waals surface area contributed by atoms with Crippen molar-refractivity contribution in [1.29, 1.82) is 0 Å². The largest absolute Gasteiger partial charge is 0.456 e. The number of fused-ring (bicyclic) bond motifs is 7. The van der Waals surface area contributed by atoms with E-state index in [0.29, 0.717) is 17.7 Å². The van der Waals surface area contributed by atoms with Crippen LogP contribution < -0.4 is 24.5 Å². The van der Waals surface area contributed by atoms with Gasteiger partial charge in [0.05, 0.1) is 0 Å². The van der Waals surface area contributed by atoms with Crippen LogP contribution in [0.25, 0.3) is 5.76 Å². The standard InChI is InChI=1S/C39H41N5O3/c1-5-42(6-2)28-17-19-30-27(24-28)16-20-34-37(30)47-35-25-29(43(7-3)8-4)18-21-33(35)39(34)32-15-11-10-14-31(32)38(46)44(39)40-36(45)26-41-22-12-9-13-23-41/h9-15,17-19,21-25H,5-8,16,20,26H2,1-4H3/p+1. The van der Waals surface area contributed by atoms with Gasteiger partial charge in [-0.1, -0.05) is 30.3 Å². The first-order chi connectivity index (χ1) is 22.9. The number of benzene rings is 3. The van der Waals surface area contributed by atoms with Crippen LogP contribution in [0, 0.1) is 0 Å². The maximum atomic E-state index is 14.5. The number of rotatable bonds is 9. The Morgan fingerprint density at radius 2 is 1.49 bits per heavy atom. The van der Waals surface area contributed by atoms with Gasteiger partial charge in [-0.2, -0.15) is 4.57 Å².